The number of carbonyl (C=O) groups excluding carboxylic acids is 1. The second kappa shape index (κ2) is 7.28. The molecule has 0 unspecified atom stereocenters. The van der Waals surface area contributed by atoms with Crippen LogP contribution in [-0.2, 0) is 9.59 Å². The fourth-order valence-electron chi connectivity index (χ4n) is 2.84. The van der Waals surface area contributed by atoms with Gasteiger partial charge in [-0.15, -0.1) is 0 Å². The molecule has 1 aromatic heterocycles. The molecule has 8 nitrogen and oxygen atoms in total. The first-order chi connectivity index (χ1) is 12.9. The van der Waals surface area contributed by atoms with Gasteiger partial charge in [0.05, 0.1) is 10.9 Å². The van der Waals surface area contributed by atoms with Crippen LogP contribution in [-0.4, -0.2) is 26.5 Å². The van der Waals surface area contributed by atoms with Crippen molar-refractivity contribution in [1.29, 1.82) is 0 Å². The van der Waals surface area contributed by atoms with Gasteiger partial charge < -0.3 is 15.4 Å². The van der Waals surface area contributed by atoms with E-state index >= 15 is 0 Å². The summed E-state index contributed by atoms with van der Waals surface area (Å²) in [5.74, 6) is -2.00. The molecule has 27 heavy (non-hydrogen) atoms. The highest BCUT2D eigenvalue weighted by Crippen LogP contribution is 2.14. The number of aliphatic carboxylic acids is 1. The SMILES string of the molecule is C[C@H](C(=O)N[C@@H](C(=O)O)c1ccccc1)n1c(=O)[nH]c2ccccc2c1=O. The molecule has 0 saturated carbocycles. The number of rotatable bonds is 5. The average Bonchev–Trinajstić information content (AvgIpc) is 2.66. The van der Waals surface area contributed by atoms with E-state index in [9.17, 15) is 24.3 Å². The number of carboxylic acids is 1. The van der Waals surface area contributed by atoms with Gasteiger partial charge in [-0.25, -0.2) is 14.2 Å². The summed E-state index contributed by atoms with van der Waals surface area (Å²) in [4.78, 5) is 51.6. The second-order valence-corrected chi connectivity index (χ2v) is 6.02. The van der Waals surface area contributed by atoms with E-state index in [-0.39, 0.29) is 5.39 Å². The lowest BCUT2D eigenvalue weighted by Gasteiger charge is -2.19. The molecule has 3 rings (SSSR count). The zero-order valence-corrected chi connectivity index (χ0v) is 14.4. The van der Waals surface area contributed by atoms with E-state index in [4.69, 9.17) is 0 Å². The third kappa shape index (κ3) is 3.50. The fraction of sp³-hybridized carbons (Fsp3) is 0.158. The number of H-pyrrole nitrogens is 1. The van der Waals surface area contributed by atoms with E-state index in [1.165, 1.54) is 6.92 Å². The molecule has 138 valence electrons. The number of nitrogens with one attached hydrogen (secondary N) is 2. The summed E-state index contributed by atoms with van der Waals surface area (Å²) in [6.45, 7) is 1.37. The van der Waals surface area contributed by atoms with Gasteiger partial charge in [-0.2, -0.15) is 0 Å². The molecule has 0 aliphatic carbocycles. The third-order valence-corrected chi connectivity index (χ3v) is 4.27. The van der Waals surface area contributed by atoms with Gasteiger partial charge >= 0.3 is 11.7 Å². The number of hydrogen-bond donors (Lipinski definition) is 3. The van der Waals surface area contributed by atoms with Crippen molar-refractivity contribution in [3.8, 4) is 0 Å². The summed E-state index contributed by atoms with van der Waals surface area (Å²) in [5, 5.41) is 12.1. The summed E-state index contributed by atoms with van der Waals surface area (Å²) in [6.07, 6.45) is 0. The molecule has 3 N–H and O–H groups in total. The Bertz CT molecular complexity index is 1120. The highest BCUT2D eigenvalue weighted by Gasteiger charge is 2.27. The Morgan fingerprint density at radius 1 is 1.04 bits per heavy atom. The van der Waals surface area contributed by atoms with Crippen LogP contribution in [0.4, 0.5) is 0 Å². The number of carbonyl (C=O) groups is 2. The normalized spacial score (nSPS) is 13.1. The molecule has 2 aromatic carbocycles. The summed E-state index contributed by atoms with van der Waals surface area (Å²) >= 11 is 0. The number of para-hydroxylation sites is 1. The quantitative estimate of drug-likeness (QED) is 0.625. The number of aromatic nitrogens is 2. The number of nitrogens with zero attached hydrogens (tertiary/aromatic N) is 1. The zero-order valence-electron chi connectivity index (χ0n) is 14.4. The number of carboxylic acid groups (broad SMARTS) is 1. The zero-order chi connectivity index (χ0) is 19.6. The highest BCUT2D eigenvalue weighted by atomic mass is 16.4. The van der Waals surface area contributed by atoms with Crippen LogP contribution in [0.2, 0.25) is 0 Å². The van der Waals surface area contributed by atoms with Gasteiger partial charge in [-0.3, -0.25) is 9.59 Å². The van der Waals surface area contributed by atoms with E-state index in [1.807, 2.05) is 0 Å². The standard InChI is InChI=1S/C19H17N3O5/c1-11(16(23)21-15(18(25)26)12-7-3-2-4-8-12)22-17(24)13-9-5-6-10-14(13)20-19(22)27/h2-11,15H,1H3,(H,20,27)(H,21,23)(H,25,26)/t11-,15-/m1/s1. The van der Waals surface area contributed by atoms with Crippen molar-refractivity contribution in [1.82, 2.24) is 14.9 Å². The molecule has 8 heteroatoms. The molecule has 2 atom stereocenters. The maximum absolute atomic E-state index is 12.6. The maximum Gasteiger partial charge on any atom is 0.330 e. The Morgan fingerprint density at radius 2 is 1.67 bits per heavy atom. The molecular formula is C19H17N3O5. The fourth-order valence-corrected chi connectivity index (χ4v) is 2.84. The Kier molecular flexibility index (Phi) is 4.89. The summed E-state index contributed by atoms with van der Waals surface area (Å²) in [6, 6.07) is 12.1. The molecule has 0 radical (unpaired) electrons. The number of benzene rings is 2. The van der Waals surface area contributed by atoms with E-state index in [2.05, 4.69) is 10.3 Å². The van der Waals surface area contributed by atoms with Crippen molar-refractivity contribution in [2.75, 3.05) is 0 Å². The second-order valence-electron chi connectivity index (χ2n) is 6.02. The molecule has 1 heterocycles. The predicted molar refractivity (Wildman–Crippen MR) is 98.5 cm³/mol. The molecule has 1 amide bonds. The molecule has 0 spiro atoms. The van der Waals surface area contributed by atoms with Gasteiger partial charge in [0.2, 0.25) is 5.91 Å². The Hall–Kier alpha value is -3.68. The minimum absolute atomic E-state index is 0.259. The highest BCUT2D eigenvalue weighted by molar-refractivity contribution is 5.87. The number of fused-ring (bicyclic) bond motifs is 1. The van der Waals surface area contributed by atoms with Crippen LogP contribution in [0.15, 0.2) is 64.2 Å². The molecule has 0 fully saturated rings. The lowest BCUT2D eigenvalue weighted by atomic mass is 10.1. The molecule has 0 bridgehead atoms. The van der Waals surface area contributed by atoms with Gasteiger partial charge in [0.1, 0.15) is 6.04 Å². The smallest absolute Gasteiger partial charge is 0.330 e. The molecule has 0 aliphatic heterocycles. The van der Waals surface area contributed by atoms with Crippen molar-refractivity contribution >= 4 is 22.8 Å². The van der Waals surface area contributed by atoms with E-state index < -0.39 is 35.2 Å². The van der Waals surface area contributed by atoms with Crippen molar-refractivity contribution in [3.63, 3.8) is 0 Å². The minimum atomic E-state index is -1.30. The largest absolute Gasteiger partial charge is 0.479 e. The molecular weight excluding hydrogens is 350 g/mol. The Balaban J connectivity index is 1.96. The van der Waals surface area contributed by atoms with Crippen molar-refractivity contribution in [2.24, 2.45) is 0 Å². The first kappa shape index (κ1) is 18.1. The average molecular weight is 367 g/mol. The topological polar surface area (TPSA) is 121 Å². The van der Waals surface area contributed by atoms with Gasteiger partial charge in [0.15, 0.2) is 6.04 Å². The minimum Gasteiger partial charge on any atom is -0.479 e. The molecule has 0 aliphatic rings. The number of aromatic amines is 1. The van der Waals surface area contributed by atoms with Crippen molar-refractivity contribution in [3.05, 3.63) is 81.0 Å². The predicted octanol–water partition coefficient (Wildman–Crippen LogP) is 1.19. The van der Waals surface area contributed by atoms with Crippen LogP contribution in [0.1, 0.15) is 24.6 Å². The molecule has 0 saturated heterocycles. The molecule has 3 aromatic rings. The first-order valence-electron chi connectivity index (χ1n) is 8.22. The van der Waals surface area contributed by atoms with Crippen molar-refractivity contribution in [2.45, 2.75) is 19.0 Å². The Morgan fingerprint density at radius 3 is 2.33 bits per heavy atom. The summed E-state index contributed by atoms with van der Waals surface area (Å²) in [7, 11) is 0. The Labute approximate surface area is 153 Å². The van der Waals surface area contributed by atoms with E-state index in [1.54, 1.807) is 54.6 Å². The number of hydrogen-bond acceptors (Lipinski definition) is 4. The third-order valence-electron chi connectivity index (χ3n) is 4.27. The summed E-state index contributed by atoms with van der Waals surface area (Å²) < 4.78 is 0.779. The van der Waals surface area contributed by atoms with Gasteiger partial charge in [0, 0.05) is 0 Å². The number of amides is 1. The van der Waals surface area contributed by atoms with Crippen molar-refractivity contribution < 1.29 is 14.7 Å². The van der Waals surface area contributed by atoms with Crippen LogP contribution in [0.3, 0.4) is 0 Å². The lowest BCUT2D eigenvalue weighted by Crippen LogP contribution is -2.45. The van der Waals surface area contributed by atoms with Gasteiger partial charge in [-0.05, 0) is 24.6 Å². The van der Waals surface area contributed by atoms with E-state index in [0.29, 0.717) is 11.1 Å². The maximum atomic E-state index is 12.6. The first-order valence-corrected chi connectivity index (χ1v) is 8.22. The summed E-state index contributed by atoms with van der Waals surface area (Å²) in [5.41, 5.74) is -0.620. The lowest BCUT2D eigenvalue weighted by molar-refractivity contribution is -0.142. The van der Waals surface area contributed by atoms with Gasteiger partial charge in [0.25, 0.3) is 5.56 Å². The van der Waals surface area contributed by atoms with Crippen LogP contribution in [0.25, 0.3) is 10.9 Å². The van der Waals surface area contributed by atoms with E-state index in [0.717, 1.165) is 4.57 Å². The van der Waals surface area contributed by atoms with Crippen LogP contribution in [0, 0.1) is 0 Å². The van der Waals surface area contributed by atoms with Crippen LogP contribution < -0.4 is 16.6 Å². The van der Waals surface area contributed by atoms with Crippen LogP contribution in [0.5, 0.6) is 0 Å². The monoisotopic (exact) mass is 367 g/mol. The van der Waals surface area contributed by atoms with Crippen LogP contribution >= 0.6 is 0 Å². The van der Waals surface area contributed by atoms with Gasteiger partial charge in [-0.1, -0.05) is 42.5 Å².